The molecule has 0 aliphatic carbocycles. The van der Waals surface area contributed by atoms with Crippen molar-refractivity contribution in [3.05, 3.63) is 29.3 Å². The van der Waals surface area contributed by atoms with Gasteiger partial charge in [-0.3, -0.25) is 0 Å². The second-order valence-corrected chi connectivity index (χ2v) is 4.41. The summed E-state index contributed by atoms with van der Waals surface area (Å²) in [6, 6.07) is 6.47. The predicted molar refractivity (Wildman–Crippen MR) is 69.1 cm³/mol. The fourth-order valence-electron chi connectivity index (χ4n) is 1.71. The van der Waals surface area contributed by atoms with Gasteiger partial charge in [0.25, 0.3) is 0 Å². The predicted octanol–water partition coefficient (Wildman–Crippen LogP) is 3.32. The van der Waals surface area contributed by atoms with Crippen LogP contribution < -0.4 is 10.1 Å². The van der Waals surface area contributed by atoms with Gasteiger partial charge in [0.15, 0.2) is 0 Å². The van der Waals surface area contributed by atoms with E-state index in [2.05, 4.69) is 44.3 Å². The van der Waals surface area contributed by atoms with Gasteiger partial charge in [-0.1, -0.05) is 32.9 Å². The number of benzene rings is 1. The molecule has 0 unspecified atom stereocenters. The van der Waals surface area contributed by atoms with Crippen LogP contribution >= 0.6 is 0 Å². The molecule has 16 heavy (non-hydrogen) atoms. The van der Waals surface area contributed by atoms with Crippen molar-refractivity contribution >= 4 is 0 Å². The highest BCUT2D eigenvalue weighted by atomic mass is 16.5. The highest BCUT2D eigenvalue weighted by Crippen LogP contribution is 2.27. The van der Waals surface area contributed by atoms with Crippen LogP contribution in [0.15, 0.2) is 18.2 Å². The molecule has 0 spiro atoms. The summed E-state index contributed by atoms with van der Waals surface area (Å²) in [5.74, 6) is 1.54. The fourth-order valence-corrected chi connectivity index (χ4v) is 1.71. The van der Waals surface area contributed by atoms with Crippen molar-refractivity contribution < 1.29 is 4.74 Å². The summed E-state index contributed by atoms with van der Waals surface area (Å²) >= 11 is 0. The molecular formula is C14H23NO. The van der Waals surface area contributed by atoms with Gasteiger partial charge in [0.05, 0.1) is 6.61 Å². The first-order valence-corrected chi connectivity index (χ1v) is 6.09. The maximum atomic E-state index is 5.76. The van der Waals surface area contributed by atoms with Crippen molar-refractivity contribution in [3.63, 3.8) is 0 Å². The Hall–Kier alpha value is -1.02. The summed E-state index contributed by atoms with van der Waals surface area (Å²) in [5.41, 5.74) is 2.62. The monoisotopic (exact) mass is 221 g/mol. The van der Waals surface area contributed by atoms with Crippen LogP contribution in [0.3, 0.4) is 0 Å². The quantitative estimate of drug-likeness (QED) is 0.795. The van der Waals surface area contributed by atoms with E-state index >= 15 is 0 Å². The van der Waals surface area contributed by atoms with E-state index in [1.807, 2.05) is 7.05 Å². The third-order valence-electron chi connectivity index (χ3n) is 2.54. The zero-order chi connectivity index (χ0) is 12.0. The molecule has 0 radical (unpaired) electrons. The molecule has 0 aromatic heterocycles. The minimum absolute atomic E-state index is 0.503. The van der Waals surface area contributed by atoms with E-state index in [9.17, 15) is 0 Å². The Morgan fingerprint density at radius 1 is 1.31 bits per heavy atom. The van der Waals surface area contributed by atoms with Gasteiger partial charge in [-0.25, -0.2) is 0 Å². The van der Waals surface area contributed by atoms with Gasteiger partial charge in [0, 0.05) is 6.54 Å². The Labute approximate surface area is 99.0 Å². The molecule has 1 rings (SSSR count). The standard InChI is InChI=1S/C14H23NO/c1-5-8-16-14-7-6-12(10-15-4)9-13(14)11(2)3/h6-7,9,11,15H,5,8,10H2,1-4H3. The second kappa shape index (κ2) is 6.54. The Kier molecular flexibility index (Phi) is 5.33. The molecule has 0 aliphatic heterocycles. The average molecular weight is 221 g/mol. The molecule has 1 N–H and O–H groups in total. The summed E-state index contributed by atoms with van der Waals surface area (Å²) in [6.07, 6.45) is 1.05. The normalized spacial score (nSPS) is 10.8. The zero-order valence-corrected chi connectivity index (χ0v) is 10.8. The van der Waals surface area contributed by atoms with Gasteiger partial charge in [0.2, 0.25) is 0 Å². The van der Waals surface area contributed by atoms with E-state index in [1.165, 1.54) is 11.1 Å². The lowest BCUT2D eigenvalue weighted by Crippen LogP contribution is -2.07. The van der Waals surface area contributed by atoms with Crippen LogP contribution in [0, 0.1) is 0 Å². The van der Waals surface area contributed by atoms with Crippen molar-refractivity contribution in [3.8, 4) is 5.75 Å². The van der Waals surface area contributed by atoms with Crippen molar-refractivity contribution in [1.82, 2.24) is 5.32 Å². The van der Waals surface area contributed by atoms with E-state index in [4.69, 9.17) is 4.74 Å². The molecule has 0 atom stereocenters. The van der Waals surface area contributed by atoms with Crippen LogP contribution in [0.1, 0.15) is 44.2 Å². The molecule has 0 bridgehead atoms. The van der Waals surface area contributed by atoms with Crippen LogP contribution in [0.25, 0.3) is 0 Å². The van der Waals surface area contributed by atoms with Gasteiger partial charge < -0.3 is 10.1 Å². The van der Waals surface area contributed by atoms with Gasteiger partial charge in [-0.2, -0.15) is 0 Å². The van der Waals surface area contributed by atoms with Crippen molar-refractivity contribution in [2.24, 2.45) is 0 Å². The van der Waals surface area contributed by atoms with E-state index in [0.717, 1.165) is 25.3 Å². The van der Waals surface area contributed by atoms with Crippen LogP contribution in [-0.2, 0) is 6.54 Å². The third-order valence-corrected chi connectivity index (χ3v) is 2.54. The highest BCUT2D eigenvalue weighted by molar-refractivity contribution is 5.39. The maximum Gasteiger partial charge on any atom is 0.122 e. The first kappa shape index (κ1) is 13.0. The number of hydrogen-bond donors (Lipinski definition) is 1. The minimum atomic E-state index is 0.503. The smallest absolute Gasteiger partial charge is 0.122 e. The molecule has 1 aromatic carbocycles. The molecule has 2 heteroatoms. The Morgan fingerprint density at radius 3 is 2.62 bits per heavy atom. The van der Waals surface area contributed by atoms with Crippen molar-refractivity contribution in [2.45, 2.75) is 39.7 Å². The summed E-state index contributed by atoms with van der Waals surface area (Å²) in [6.45, 7) is 8.25. The molecule has 0 saturated carbocycles. The second-order valence-electron chi connectivity index (χ2n) is 4.41. The van der Waals surface area contributed by atoms with E-state index in [0.29, 0.717) is 5.92 Å². The minimum Gasteiger partial charge on any atom is -0.493 e. The Bertz CT molecular complexity index is 321. The summed E-state index contributed by atoms with van der Waals surface area (Å²) < 4.78 is 5.76. The van der Waals surface area contributed by atoms with Crippen LogP contribution in [0.2, 0.25) is 0 Å². The van der Waals surface area contributed by atoms with Crippen LogP contribution in [0.5, 0.6) is 5.75 Å². The Morgan fingerprint density at radius 2 is 2.06 bits per heavy atom. The van der Waals surface area contributed by atoms with Crippen LogP contribution in [0.4, 0.5) is 0 Å². The van der Waals surface area contributed by atoms with Gasteiger partial charge >= 0.3 is 0 Å². The highest BCUT2D eigenvalue weighted by Gasteiger charge is 2.08. The molecule has 0 heterocycles. The van der Waals surface area contributed by atoms with Gasteiger partial charge in [-0.15, -0.1) is 0 Å². The lowest BCUT2D eigenvalue weighted by Gasteiger charge is -2.15. The molecule has 1 aromatic rings. The SMILES string of the molecule is CCCOc1ccc(CNC)cc1C(C)C. The first-order chi connectivity index (χ1) is 7.69. The summed E-state index contributed by atoms with van der Waals surface area (Å²) in [5, 5.41) is 3.17. The molecular weight excluding hydrogens is 198 g/mol. The number of hydrogen-bond acceptors (Lipinski definition) is 2. The summed E-state index contributed by atoms with van der Waals surface area (Å²) in [7, 11) is 1.97. The van der Waals surface area contributed by atoms with Crippen molar-refractivity contribution in [1.29, 1.82) is 0 Å². The number of rotatable bonds is 6. The number of ether oxygens (including phenoxy) is 1. The fraction of sp³-hybridized carbons (Fsp3) is 0.571. The molecule has 0 fully saturated rings. The van der Waals surface area contributed by atoms with E-state index in [-0.39, 0.29) is 0 Å². The summed E-state index contributed by atoms with van der Waals surface area (Å²) in [4.78, 5) is 0. The van der Waals surface area contributed by atoms with Crippen LogP contribution in [-0.4, -0.2) is 13.7 Å². The largest absolute Gasteiger partial charge is 0.493 e. The zero-order valence-electron chi connectivity index (χ0n) is 10.8. The van der Waals surface area contributed by atoms with Crippen molar-refractivity contribution in [2.75, 3.05) is 13.7 Å². The Balaban J connectivity index is 2.90. The van der Waals surface area contributed by atoms with Gasteiger partial charge in [0.1, 0.15) is 5.75 Å². The van der Waals surface area contributed by atoms with E-state index < -0.39 is 0 Å². The molecule has 0 amide bonds. The third kappa shape index (κ3) is 3.53. The lowest BCUT2D eigenvalue weighted by molar-refractivity contribution is 0.313. The topological polar surface area (TPSA) is 21.3 Å². The number of nitrogens with one attached hydrogen (secondary N) is 1. The molecule has 90 valence electrons. The van der Waals surface area contributed by atoms with E-state index in [1.54, 1.807) is 0 Å². The maximum absolute atomic E-state index is 5.76. The molecule has 0 saturated heterocycles. The van der Waals surface area contributed by atoms with Gasteiger partial charge in [-0.05, 0) is 36.6 Å². The molecule has 2 nitrogen and oxygen atoms in total. The molecule has 0 aliphatic rings. The first-order valence-electron chi connectivity index (χ1n) is 6.09. The lowest BCUT2D eigenvalue weighted by atomic mass is 9.99. The average Bonchev–Trinajstić information content (AvgIpc) is 2.27.